The van der Waals surface area contributed by atoms with E-state index in [0.29, 0.717) is 23.9 Å². The number of aromatic nitrogens is 2. The highest BCUT2D eigenvalue weighted by Gasteiger charge is 2.50. The van der Waals surface area contributed by atoms with Crippen molar-refractivity contribution in [1.82, 2.24) is 9.55 Å². The summed E-state index contributed by atoms with van der Waals surface area (Å²) >= 11 is 0. The molecule has 0 bridgehead atoms. The molecule has 0 radical (unpaired) electrons. The predicted octanol–water partition coefficient (Wildman–Crippen LogP) is 3.34. The van der Waals surface area contributed by atoms with Crippen molar-refractivity contribution in [2.24, 2.45) is 11.1 Å². The molecule has 2 fully saturated rings. The number of benzene rings is 1. The molecule has 3 nitrogen and oxygen atoms in total. The monoisotopic (exact) mass is 255 g/mol. The molecular weight excluding hydrogens is 234 g/mol. The van der Waals surface area contributed by atoms with Gasteiger partial charge in [0.2, 0.25) is 0 Å². The molecule has 1 atom stereocenters. The molecule has 1 unspecified atom stereocenters. The number of rotatable bonds is 3. The minimum absolute atomic E-state index is 0.435. The Bertz CT molecular complexity index is 649. The lowest BCUT2D eigenvalue weighted by molar-refractivity contribution is 0.586. The molecule has 2 aliphatic rings. The maximum absolute atomic E-state index is 5.74. The first-order valence-corrected chi connectivity index (χ1v) is 7.31. The molecule has 2 aromatic rings. The summed E-state index contributed by atoms with van der Waals surface area (Å²) in [5.41, 5.74) is 9.78. The number of hydrogen-bond acceptors (Lipinski definition) is 2. The van der Waals surface area contributed by atoms with Crippen LogP contribution < -0.4 is 5.73 Å². The Balaban J connectivity index is 1.89. The zero-order chi connectivity index (χ0) is 13.2. The molecule has 1 aromatic heterocycles. The van der Waals surface area contributed by atoms with Gasteiger partial charge in [0.25, 0.3) is 0 Å². The average molecular weight is 255 g/mol. The van der Waals surface area contributed by atoms with Gasteiger partial charge in [-0.15, -0.1) is 0 Å². The van der Waals surface area contributed by atoms with Crippen molar-refractivity contribution in [3.63, 3.8) is 0 Å². The second-order valence-electron chi connectivity index (χ2n) is 6.84. The number of nitrogens with zero attached hydrogens (tertiary/aromatic N) is 2. The van der Waals surface area contributed by atoms with Gasteiger partial charge in [-0.3, -0.25) is 0 Å². The minimum atomic E-state index is 0.435. The smallest absolute Gasteiger partial charge is 0.113 e. The Morgan fingerprint density at radius 3 is 2.68 bits per heavy atom. The highest BCUT2D eigenvalue weighted by molar-refractivity contribution is 5.77. The second kappa shape index (κ2) is 3.60. The Hall–Kier alpha value is -1.35. The third-order valence-corrected chi connectivity index (χ3v) is 4.75. The van der Waals surface area contributed by atoms with Gasteiger partial charge in [-0.05, 0) is 42.4 Å². The molecule has 1 aromatic carbocycles. The third kappa shape index (κ3) is 1.71. The fourth-order valence-corrected chi connectivity index (χ4v) is 3.16. The summed E-state index contributed by atoms with van der Waals surface area (Å²) in [6.45, 7) is 5.29. The van der Waals surface area contributed by atoms with Crippen LogP contribution in [-0.4, -0.2) is 9.55 Å². The topological polar surface area (TPSA) is 43.8 Å². The van der Waals surface area contributed by atoms with Gasteiger partial charge in [0.1, 0.15) is 5.82 Å². The maximum atomic E-state index is 5.74. The first-order valence-electron chi connectivity index (χ1n) is 7.31. The fraction of sp³-hybridized carbons (Fsp3) is 0.562. The van der Waals surface area contributed by atoms with Crippen molar-refractivity contribution in [3.8, 4) is 0 Å². The molecule has 100 valence electrons. The van der Waals surface area contributed by atoms with E-state index in [0.717, 1.165) is 5.52 Å². The molecule has 0 spiro atoms. The van der Waals surface area contributed by atoms with E-state index in [4.69, 9.17) is 10.7 Å². The number of nitrogens with two attached hydrogens (primary N) is 1. The second-order valence-corrected chi connectivity index (χ2v) is 6.84. The van der Waals surface area contributed by atoms with Crippen LogP contribution in [-0.2, 0) is 6.54 Å². The molecule has 3 heteroatoms. The van der Waals surface area contributed by atoms with Crippen LogP contribution in [0, 0.1) is 5.41 Å². The normalized spacial score (nSPS) is 24.9. The van der Waals surface area contributed by atoms with Gasteiger partial charge < -0.3 is 10.3 Å². The van der Waals surface area contributed by atoms with Crippen LogP contribution in [0.4, 0.5) is 0 Å². The van der Waals surface area contributed by atoms with Crippen LogP contribution in [0.15, 0.2) is 18.2 Å². The van der Waals surface area contributed by atoms with Crippen LogP contribution in [0.5, 0.6) is 0 Å². The number of hydrogen-bond donors (Lipinski definition) is 1. The maximum Gasteiger partial charge on any atom is 0.113 e. The standard InChI is InChI=1S/C16H21N3/c1-16(2)8-12(16)15-18-13-7-10(9-17)3-6-14(13)19(15)11-4-5-11/h3,6-7,11-12H,4-5,8-9,17H2,1-2H3. The lowest BCUT2D eigenvalue weighted by atomic mass is 10.1. The van der Waals surface area contributed by atoms with Crippen molar-refractivity contribution in [1.29, 1.82) is 0 Å². The predicted molar refractivity (Wildman–Crippen MR) is 77.0 cm³/mol. The minimum Gasteiger partial charge on any atom is -0.326 e. The molecule has 0 amide bonds. The summed E-state index contributed by atoms with van der Waals surface area (Å²) < 4.78 is 2.51. The van der Waals surface area contributed by atoms with E-state index >= 15 is 0 Å². The van der Waals surface area contributed by atoms with Crippen molar-refractivity contribution in [3.05, 3.63) is 29.6 Å². The first kappa shape index (κ1) is 11.5. The van der Waals surface area contributed by atoms with Gasteiger partial charge in [-0.25, -0.2) is 4.98 Å². The summed E-state index contributed by atoms with van der Waals surface area (Å²) in [6, 6.07) is 7.21. The molecule has 2 aliphatic carbocycles. The molecule has 19 heavy (non-hydrogen) atoms. The van der Waals surface area contributed by atoms with E-state index < -0.39 is 0 Å². The van der Waals surface area contributed by atoms with Crippen LogP contribution in [0.1, 0.15) is 56.5 Å². The largest absolute Gasteiger partial charge is 0.326 e. The average Bonchev–Trinajstić information content (AvgIpc) is 3.28. The zero-order valence-electron chi connectivity index (χ0n) is 11.7. The third-order valence-electron chi connectivity index (χ3n) is 4.75. The van der Waals surface area contributed by atoms with E-state index in [9.17, 15) is 0 Å². The Kier molecular flexibility index (Phi) is 2.17. The number of fused-ring (bicyclic) bond motifs is 1. The number of imidazole rings is 1. The van der Waals surface area contributed by atoms with Gasteiger partial charge in [0, 0.05) is 18.5 Å². The Morgan fingerprint density at radius 2 is 2.11 bits per heavy atom. The fourth-order valence-electron chi connectivity index (χ4n) is 3.16. The molecule has 0 aliphatic heterocycles. The summed E-state index contributed by atoms with van der Waals surface area (Å²) in [4.78, 5) is 4.95. The van der Waals surface area contributed by atoms with Gasteiger partial charge >= 0.3 is 0 Å². The van der Waals surface area contributed by atoms with Crippen LogP contribution in [0.3, 0.4) is 0 Å². The van der Waals surface area contributed by atoms with Crippen LogP contribution >= 0.6 is 0 Å². The van der Waals surface area contributed by atoms with Crippen LogP contribution in [0.25, 0.3) is 11.0 Å². The lowest BCUT2D eigenvalue weighted by Crippen LogP contribution is -2.03. The zero-order valence-corrected chi connectivity index (χ0v) is 11.7. The quantitative estimate of drug-likeness (QED) is 0.914. The van der Waals surface area contributed by atoms with Gasteiger partial charge in [0.05, 0.1) is 11.0 Å². The lowest BCUT2D eigenvalue weighted by Gasteiger charge is -2.08. The van der Waals surface area contributed by atoms with E-state index in [1.54, 1.807) is 0 Å². The molecule has 2 N–H and O–H groups in total. The van der Waals surface area contributed by atoms with Crippen molar-refractivity contribution < 1.29 is 0 Å². The van der Waals surface area contributed by atoms with E-state index in [2.05, 4.69) is 36.6 Å². The van der Waals surface area contributed by atoms with Gasteiger partial charge in [-0.1, -0.05) is 19.9 Å². The Labute approximate surface area is 113 Å². The van der Waals surface area contributed by atoms with Crippen molar-refractivity contribution in [2.75, 3.05) is 0 Å². The highest BCUT2D eigenvalue weighted by atomic mass is 15.1. The van der Waals surface area contributed by atoms with E-state index in [1.165, 1.54) is 36.2 Å². The molecule has 2 saturated carbocycles. The Morgan fingerprint density at radius 1 is 1.37 bits per heavy atom. The molecule has 0 saturated heterocycles. The summed E-state index contributed by atoms with van der Waals surface area (Å²) in [7, 11) is 0. The van der Waals surface area contributed by atoms with Crippen LogP contribution in [0.2, 0.25) is 0 Å². The molecule has 4 rings (SSSR count). The first-order chi connectivity index (χ1) is 9.10. The summed E-state index contributed by atoms with van der Waals surface area (Å²) in [6.07, 6.45) is 3.89. The molecule has 1 heterocycles. The van der Waals surface area contributed by atoms with E-state index in [-0.39, 0.29) is 0 Å². The SMILES string of the molecule is CC1(C)CC1c1nc2cc(CN)ccc2n1C1CC1. The van der Waals surface area contributed by atoms with Gasteiger partial charge in [-0.2, -0.15) is 0 Å². The summed E-state index contributed by atoms with van der Waals surface area (Å²) in [5, 5.41) is 0. The van der Waals surface area contributed by atoms with E-state index in [1.807, 2.05) is 0 Å². The molecular formula is C16H21N3. The van der Waals surface area contributed by atoms with Crippen molar-refractivity contribution >= 4 is 11.0 Å². The summed E-state index contributed by atoms with van der Waals surface area (Å²) in [5.74, 6) is 1.96. The van der Waals surface area contributed by atoms with Crippen molar-refractivity contribution in [2.45, 2.75) is 51.6 Å². The van der Waals surface area contributed by atoms with Gasteiger partial charge in [0.15, 0.2) is 0 Å². The highest BCUT2D eigenvalue weighted by Crippen LogP contribution is 2.59.